The fourth-order valence-electron chi connectivity index (χ4n) is 2.32. The van der Waals surface area contributed by atoms with Gasteiger partial charge < -0.3 is 0 Å². The molecule has 1 heterocycles. The number of benzene rings is 2. The Hall–Kier alpha value is -2.42. The van der Waals surface area contributed by atoms with E-state index in [1.165, 1.54) is 11.6 Å². The molecule has 0 bridgehead atoms. The Morgan fingerprint density at radius 1 is 1.10 bits per heavy atom. The molecule has 0 atom stereocenters. The maximum Gasteiger partial charge on any atom is 0.123 e. The van der Waals surface area contributed by atoms with Gasteiger partial charge in [0.25, 0.3) is 0 Å². The summed E-state index contributed by atoms with van der Waals surface area (Å²) in [7, 11) is 0. The summed E-state index contributed by atoms with van der Waals surface area (Å²) in [5, 5.41) is 4.19. The Morgan fingerprint density at radius 2 is 1.90 bits per heavy atom. The quantitative estimate of drug-likeness (QED) is 0.699. The van der Waals surface area contributed by atoms with Crippen LogP contribution in [-0.4, -0.2) is 9.78 Å². The summed E-state index contributed by atoms with van der Waals surface area (Å²) >= 11 is 0. The number of aryl methyl sites for hydroxylation is 1. The second-order valence-corrected chi connectivity index (χ2v) is 4.86. The van der Waals surface area contributed by atoms with Gasteiger partial charge in [0.1, 0.15) is 5.82 Å². The summed E-state index contributed by atoms with van der Waals surface area (Å²) < 4.78 is 15.0. The molecule has 0 aliphatic heterocycles. The molecule has 3 heteroatoms. The standard InChI is InChI=1S/C17H15FN2/c1-13-11-16(18)7-8-17(13)15-5-3-14(4-6-15)12-20-10-2-9-19-20/h2-11H,12H2,1H3. The molecule has 0 aliphatic rings. The van der Waals surface area contributed by atoms with Gasteiger partial charge in [0.15, 0.2) is 0 Å². The molecule has 0 N–H and O–H groups in total. The second-order valence-electron chi connectivity index (χ2n) is 4.86. The molecular formula is C17H15FN2. The predicted octanol–water partition coefficient (Wildman–Crippen LogP) is 4.05. The Labute approximate surface area is 117 Å². The largest absolute Gasteiger partial charge is 0.268 e. The van der Waals surface area contributed by atoms with E-state index in [0.29, 0.717) is 0 Å². The van der Waals surface area contributed by atoms with E-state index >= 15 is 0 Å². The van der Waals surface area contributed by atoms with Crippen LogP contribution < -0.4 is 0 Å². The summed E-state index contributed by atoms with van der Waals surface area (Å²) in [4.78, 5) is 0. The van der Waals surface area contributed by atoms with Crippen molar-refractivity contribution in [3.05, 3.63) is 77.9 Å². The molecule has 0 saturated carbocycles. The summed E-state index contributed by atoms with van der Waals surface area (Å²) in [6.07, 6.45) is 3.72. The van der Waals surface area contributed by atoms with Crippen molar-refractivity contribution in [2.24, 2.45) is 0 Å². The predicted molar refractivity (Wildman–Crippen MR) is 77.9 cm³/mol. The highest BCUT2D eigenvalue weighted by Gasteiger charge is 2.03. The monoisotopic (exact) mass is 266 g/mol. The van der Waals surface area contributed by atoms with Gasteiger partial charge in [-0.25, -0.2) is 4.39 Å². The molecule has 3 rings (SSSR count). The molecule has 3 aromatic rings. The highest BCUT2D eigenvalue weighted by atomic mass is 19.1. The number of halogens is 1. The average Bonchev–Trinajstić information content (AvgIpc) is 2.93. The number of aromatic nitrogens is 2. The van der Waals surface area contributed by atoms with Gasteiger partial charge in [-0.1, -0.05) is 30.3 Å². The molecule has 0 unspecified atom stereocenters. The van der Waals surface area contributed by atoms with Crippen LogP contribution in [0, 0.1) is 12.7 Å². The zero-order chi connectivity index (χ0) is 13.9. The number of nitrogens with zero attached hydrogens (tertiary/aromatic N) is 2. The van der Waals surface area contributed by atoms with Crippen molar-refractivity contribution < 1.29 is 4.39 Å². The van der Waals surface area contributed by atoms with Gasteiger partial charge in [0.2, 0.25) is 0 Å². The van der Waals surface area contributed by atoms with Crippen LogP contribution in [0.1, 0.15) is 11.1 Å². The van der Waals surface area contributed by atoms with Gasteiger partial charge >= 0.3 is 0 Å². The van der Waals surface area contributed by atoms with Gasteiger partial charge in [-0.3, -0.25) is 4.68 Å². The normalized spacial score (nSPS) is 10.7. The average molecular weight is 266 g/mol. The first-order valence-electron chi connectivity index (χ1n) is 6.55. The van der Waals surface area contributed by atoms with Crippen LogP contribution >= 0.6 is 0 Å². The number of rotatable bonds is 3. The fraction of sp³-hybridized carbons (Fsp3) is 0.118. The molecule has 2 nitrogen and oxygen atoms in total. The molecule has 0 radical (unpaired) electrons. The van der Waals surface area contributed by atoms with E-state index in [1.54, 1.807) is 12.3 Å². The van der Waals surface area contributed by atoms with E-state index in [0.717, 1.165) is 23.2 Å². The lowest BCUT2D eigenvalue weighted by Crippen LogP contribution is -1.99. The highest BCUT2D eigenvalue weighted by Crippen LogP contribution is 2.24. The summed E-state index contributed by atoms with van der Waals surface area (Å²) in [5.74, 6) is -0.193. The Balaban J connectivity index is 1.85. The van der Waals surface area contributed by atoms with E-state index in [2.05, 4.69) is 29.4 Å². The van der Waals surface area contributed by atoms with Crippen molar-refractivity contribution in [1.82, 2.24) is 9.78 Å². The van der Waals surface area contributed by atoms with Crippen molar-refractivity contribution in [1.29, 1.82) is 0 Å². The van der Waals surface area contributed by atoms with Gasteiger partial charge in [-0.2, -0.15) is 5.10 Å². The smallest absolute Gasteiger partial charge is 0.123 e. The molecule has 0 aliphatic carbocycles. The summed E-state index contributed by atoms with van der Waals surface area (Å²) in [6, 6.07) is 15.1. The molecule has 0 fully saturated rings. The van der Waals surface area contributed by atoms with E-state index in [4.69, 9.17) is 0 Å². The topological polar surface area (TPSA) is 17.8 Å². The summed E-state index contributed by atoms with van der Waals surface area (Å²) in [5.41, 5.74) is 4.31. The minimum absolute atomic E-state index is 0.193. The third-order valence-corrected chi connectivity index (χ3v) is 3.36. The lowest BCUT2D eigenvalue weighted by Gasteiger charge is -2.08. The minimum atomic E-state index is -0.193. The Morgan fingerprint density at radius 3 is 2.55 bits per heavy atom. The first kappa shape index (κ1) is 12.6. The van der Waals surface area contributed by atoms with Gasteiger partial charge in [-0.15, -0.1) is 0 Å². The van der Waals surface area contributed by atoms with Crippen LogP contribution in [0.5, 0.6) is 0 Å². The number of hydrogen-bond acceptors (Lipinski definition) is 1. The van der Waals surface area contributed by atoms with Gasteiger partial charge in [0, 0.05) is 12.4 Å². The van der Waals surface area contributed by atoms with Crippen LogP contribution in [0.2, 0.25) is 0 Å². The van der Waals surface area contributed by atoms with Crippen LogP contribution in [-0.2, 0) is 6.54 Å². The second kappa shape index (κ2) is 5.29. The third-order valence-electron chi connectivity index (χ3n) is 3.36. The molecule has 2 aromatic carbocycles. The highest BCUT2D eigenvalue weighted by molar-refractivity contribution is 5.67. The van der Waals surface area contributed by atoms with E-state index in [1.807, 2.05) is 29.9 Å². The number of hydrogen-bond donors (Lipinski definition) is 0. The maximum absolute atomic E-state index is 13.1. The molecule has 0 saturated heterocycles. The molecule has 20 heavy (non-hydrogen) atoms. The van der Waals surface area contributed by atoms with Crippen LogP contribution in [0.3, 0.4) is 0 Å². The maximum atomic E-state index is 13.1. The first-order chi connectivity index (χ1) is 9.72. The van der Waals surface area contributed by atoms with Crippen LogP contribution in [0.4, 0.5) is 4.39 Å². The van der Waals surface area contributed by atoms with Crippen LogP contribution in [0.15, 0.2) is 60.9 Å². The third kappa shape index (κ3) is 2.62. The summed E-state index contributed by atoms with van der Waals surface area (Å²) in [6.45, 7) is 2.69. The lowest BCUT2D eigenvalue weighted by atomic mass is 9.99. The fourth-order valence-corrected chi connectivity index (χ4v) is 2.32. The Bertz CT molecular complexity index is 700. The SMILES string of the molecule is Cc1cc(F)ccc1-c1ccc(Cn2cccn2)cc1. The van der Waals surface area contributed by atoms with Crippen molar-refractivity contribution in [3.63, 3.8) is 0 Å². The lowest BCUT2D eigenvalue weighted by molar-refractivity contribution is 0.627. The van der Waals surface area contributed by atoms with Crippen molar-refractivity contribution in [2.75, 3.05) is 0 Å². The molecule has 1 aromatic heterocycles. The van der Waals surface area contributed by atoms with Gasteiger partial charge in [0.05, 0.1) is 6.54 Å². The minimum Gasteiger partial charge on any atom is -0.268 e. The van der Waals surface area contributed by atoms with E-state index < -0.39 is 0 Å². The molecule has 100 valence electrons. The van der Waals surface area contributed by atoms with Crippen molar-refractivity contribution >= 4 is 0 Å². The first-order valence-corrected chi connectivity index (χ1v) is 6.55. The van der Waals surface area contributed by atoms with Crippen molar-refractivity contribution in [2.45, 2.75) is 13.5 Å². The van der Waals surface area contributed by atoms with Gasteiger partial charge in [-0.05, 0) is 47.4 Å². The zero-order valence-corrected chi connectivity index (χ0v) is 11.3. The van der Waals surface area contributed by atoms with E-state index in [-0.39, 0.29) is 5.82 Å². The van der Waals surface area contributed by atoms with Crippen molar-refractivity contribution in [3.8, 4) is 11.1 Å². The molecule has 0 spiro atoms. The Kier molecular flexibility index (Phi) is 3.33. The molecular weight excluding hydrogens is 251 g/mol. The zero-order valence-electron chi connectivity index (χ0n) is 11.3. The van der Waals surface area contributed by atoms with Crippen LogP contribution in [0.25, 0.3) is 11.1 Å². The molecule has 0 amide bonds. The van der Waals surface area contributed by atoms with E-state index in [9.17, 15) is 4.39 Å².